The van der Waals surface area contributed by atoms with Gasteiger partial charge in [-0.2, -0.15) is 0 Å². The van der Waals surface area contributed by atoms with Crippen molar-refractivity contribution in [3.63, 3.8) is 0 Å². The first kappa shape index (κ1) is 19.2. The number of ether oxygens (including phenoxy) is 1. The highest BCUT2D eigenvalue weighted by Crippen LogP contribution is 2.39. The fourth-order valence-corrected chi connectivity index (χ4v) is 5.40. The third kappa shape index (κ3) is 3.72. The van der Waals surface area contributed by atoms with Crippen LogP contribution >= 0.6 is 23.1 Å². The van der Waals surface area contributed by atoms with Crippen LogP contribution in [0, 0.1) is 13.8 Å². The maximum absolute atomic E-state index is 13.3. The van der Waals surface area contributed by atoms with Crippen LogP contribution in [-0.2, 0) is 9.53 Å². The second-order valence-corrected chi connectivity index (χ2v) is 8.98. The molecule has 1 aliphatic heterocycles. The predicted molar refractivity (Wildman–Crippen MR) is 114 cm³/mol. The molecule has 0 spiro atoms. The number of carbonyl (C=O) groups excluding carboxylic acids is 1. The number of hydrogen-bond acceptors (Lipinski definition) is 7. The second kappa shape index (κ2) is 8.06. The number of benzene rings is 1. The minimum atomic E-state index is -0.418. The summed E-state index contributed by atoms with van der Waals surface area (Å²) >= 11 is 2.97. The molecule has 1 aromatic carbocycles. The van der Waals surface area contributed by atoms with Crippen LogP contribution in [0.5, 0.6) is 0 Å². The molecule has 1 fully saturated rings. The molecule has 0 radical (unpaired) electrons. The highest BCUT2D eigenvalue weighted by Gasteiger charge is 2.29. The van der Waals surface area contributed by atoms with Gasteiger partial charge in [-0.3, -0.25) is 4.79 Å². The van der Waals surface area contributed by atoms with Gasteiger partial charge < -0.3 is 15.4 Å². The van der Waals surface area contributed by atoms with Gasteiger partial charge in [0.25, 0.3) is 0 Å². The SMILES string of the molecule is Cc1sc2nc(S[C@@H](C(=O)N3CCOCC3)c3ccccc3)nc(N)c2c1C. The van der Waals surface area contributed by atoms with Crippen LogP contribution in [0.25, 0.3) is 10.2 Å². The van der Waals surface area contributed by atoms with Crippen molar-refractivity contribution in [3.05, 3.63) is 46.3 Å². The van der Waals surface area contributed by atoms with Gasteiger partial charge in [0.1, 0.15) is 15.9 Å². The Morgan fingerprint density at radius 1 is 1.21 bits per heavy atom. The molecular weight excluding hydrogens is 392 g/mol. The molecule has 4 rings (SSSR count). The highest BCUT2D eigenvalue weighted by molar-refractivity contribution is 8.00. The molecule has 3 aromatic rings. The number of aryl methyl sites for hydroxylation is 2. The van der Waals surface area contributed by atoms with Gasteiger partial charge in [0.05, 0.1) is 18.6 Å². The number of aromatic nitrogens is 2. The monoisotopic (exact) mass is 414 g/mol. The van der Waals surface area contributed by atoms with Crippen molar-refractivity contribution in [1.29, 1.82) is 0 Å². The maximum Gasteiger partial charge on any atom is 0.240 e. The fourth-order valence-electron chi connectivity index (χ4n) is 3.26. The Kier molecular flexibility index (Phi) is 5.52. The van der Waals surface area contributed by atoms with Crippen LogP contribution in [0.4, 0.5) is 5.82 Å². The van der Waals surface area contributed by atoms with Crippen LogP contribution in [0.3, 0.4) is 0 Å². The van der Waals surface area contributed by atoms with Gasteiger partial charge in [0.2, 0.25) is 5.91 Å². The number of nitrogens with zero attached hydrogens (tertiary/aromatic N) is 3. The first-order chi connectivity index (χ1) is 13.5. The van der Waals surface area contributed by atoms with E-state index in [1.165, 1.54) is 16.6 Å². The molecule has 8 heteroatoms. The summed E-state index contributed by atoms with van der Waals surface area (Å²) in [5.41, 5.74) is 8.29. The number of fused-ring (bicyclic) bond motifs is 1. The number of amides is 1. The molecule has 6 nitrogen and oxygen atoms in total. The topological polar surface area (TPSA) is 81.3 Å². The summed E-state index contributed by atoms with van der Waals surface area (Å²) in [5.74, 6) is 0.528. The molecule has 1 aliphatic rings. The molecule has 0 bridgehead atoms. The number of nitrogen functional groups attached to an aromatic ring is 1. The Morgan fingerprint density at radius 2 is 1.93 bits per heavy atom. The first-order valence-corrected chi connectivity index (χ1v) is 10.9. The van der Waals surface area contributed by atoms with Crippen molar-refractivity contribution in [2.45, 2.75) is 24.3 Å². The van der Waals surface area contributed by atoms with Gasteiger partial charge in [0.15, 0.2) is 5.16 Å². The number of thioether (sulfide) groups is 1. The van der Waals surface area contributed by atoms with E-state index < -0.39 is 5.25 Å². The normalized spacial score (nSPS) is 15.7. The van der Waals surface area contributed by atoms with E-state index in [1.807, 2.05) is 42.2 Å². The van der Waals surface area contributed by atoms with E-state index in [9.17, 15) is 4.79 Å². The van der Waals surface area contributed by atoms with Gasteiger partial charge in [-0.05, 0) is 25.0 Å². The summed E-state index contributed by atoms with van der Waals surface area (Å²) in [6.07, 6.45) is 0. The van der Waals surface area contributed by atoms with Gasteiger partial charge in [-0.1, -0.05) is 42.1 Å². The summed E-state index contributed by atoms with van der Waals surface area (Å²) < 4.78 is 5.39. The van der Waals surface area contributed by atoms with Crippen molar-refractivity contribution in [2.75, 3.05) is 32.0 Å². The van der Waals surface area contributed by atoms with E-state index in [1.54, 1.807) is 11.3 Å². The minimum absolute atomic E-state index is 0.0558. The summed E-state index contributed by atoms with van der Waals surface area (Å²) in [6.45, 7) is 6.45. The molecular formula is C20H22N4O2S2. The molecule has 0 unspecified atom stereocenters. The van der Waals surface area contributed by atoms with Gasteiger partial charge in [-0.15, -0.1) is 11.3 Å². The number of thiophene rings is 1. The Balaban J connectivity index is 1.69. The summed E-state index contributed by atoms with van der Waals surface area (Å²) in [5, 5.41) is 1.03. The number of rotatable bonds is 4. The predicted octanol–water partition coefficient (Wildman–Crippen LogP) is 3.58. The Bertz CT molecular complexity index is 1000. The lowest BCUT2D eigenvalue weighted by Crippen LogP contribution is -2.42. The minimum Gasteiger partial charge on any atom is -0.383 e. The molecule has 146 valence electrons. The standard InChI is InChI=1S/C20H22N4O2S2/c1-12-13(2)27-18-15(12)17(21)22-20(23-18)28-16(14-6-4-3-5-7-14)19(25)24-8-10-26-11-9-24/h3-7,16H,8-11H2,1-2H3,(H2,21,22,23)/t16-/m1/s1. The van der Waals surface area contributed by atoms with E-state index in [0.29, 0.717) is 37.3 Å². The van der Waals surface area contributed by atoms with Crippen molar-refractivity contribution in [2.24, 2.45) is 0 Å². The van der Waals surface area contributed by atoms with Crippen molar-refractivity contribution in [3.8, 4) is 0 Å². The van der Waals surface area contributed by atoms with Gasteiger partial charge in [-0.25, -0.2) is 9.97 Å². The number of nitrogens with two attached hydrogens (primary N) is 1. The van der Waals surface area contributed by atoms with Crippen molar-refractivity contribution in [1.82, 2.24) is 14.9 Å². The van der Waals surface area contributed by atoms with Crippen LogP contribution < -0.4 is 5.73 Å². The molecule has 3 heterocycles. The summed E-state index contributed by atoms with van der Waals surface area (Å²) in [6, 6.07) is 9.77. The molecule has 0 saturated carbocycles. The number of anilines is 1. The fraction of sp³-hybridized carbons (Fsp3) is 0.350. The van der Waals surface area contributed by atoms with E-state index in [-0.39, 0.29) is 5.91 Å². The molecule has 28 heavy (non-hydrogen) atoms. The first-order valence-electron chi connectivity index (χ1n) is 9.16. The van der Waals surface area contributed by atoms with Gasteiger partial charge in [0, 0.05) is 18.0 Å². The van der Waals surface area contributed by atoms with Gasteiger partial charge >= 0.3 is 0 Å². The van der Waals surface area contributed by atoms with E-state index in [4.69, 9.17) is 15.5 Å². The quantitative estimate of drug-likeness (QED) is 0.519. The average Bonchev–Trinajstić information content (AvgIpc) is 3.01. The molecule has 1 amide bonds. The summed E-state index contributed by atoms with van der Waals surface area (Å²) in [7, 11) is 0. The zero-order valence-corrected chi connectivity index (χ0v) is 17.5. The highest BCUT2D eigenvalue weighted by atomic mass is 32.2. The lowest BCUT2D eigenvalue weighted by molar-refractivity contribution is -0.134. The molecule has 1 saturated heterocycles. The Hall–Kier alpha value is -2.16. The third-order valence-electron chi connectivity index (χ3n) is 4.91. The van der Waals surface area contributed by atoms with Crippen LogP contribution in [0.2, 0.25) is 0 Å². The lowest BCUT2D eigenvalue weighted by atomic mass is 10.1. The number of carbonyl (C=O) groups is 1. The van der Waals surface area contributed by atoms with Crippen molar-refractivity contribution >= 4 is 45.0 Å². The molecule has 2 aromatic heterocycles. The average molecular weight is 415 g/mol. The lowest BCUT2D eigenvalue weighted by Gasteiger charge is -2.30. The molecule has 1 atom stereocenters. The number of hydrogen-bond donors (Lipinski definition) is 1. The van der Waals surface area contributed by atoms with E-state index in [2.05, 4.69) is 11.9 Å². The molecule has 0 aliphatic carbocycles. The van der Waals surface area contributed by atoms with Crippen molar-refractivity contribution < 1.29 is 9.53 Å². The Labute approximate surface area is 172 Å². The Morgan fingerprint density at radius 3 is 2.64 bits per heavy atom. The maximum atomic E-state index is 13.3. The zero-order valence-electron chi connectivity index (χ0n) is 15.8. The van der Waals surface area contributed by atoms with E-state index >= 15 is 0 Å². The largest absolute Gasteiger partial charge is 0.383 e. The van der Waals surface area contributed by atoms with Crippen LogP contribution in [-0.4, -0.2) is 47.1 Å². The second-order valence-electron chi connectivity index (χ2n) is 6.70. The molecule has 2 N–H and O–H groups in total. The third-order valence-corrected chi connectivity index (χ3v) is 7.11. The van der Waals surface area contributed by atoms with E-state index in [0.717, 1.165) is 21.3 Å². The van der Waals surface area contributed by atoms with Crippen LogP contribution in [0.15, 0.2) is 35.5 Å². The summed E-state index contributed by atoms with van der Waals surface area (Å²) in [4.78, 5) is 26.4. The zero-order chi connectivity index (χ0) is 19.7. The van der Waals surface area contributed by atoms with Crippen LogP contribution in [0.1, 0.15) is 21.3 Å². The number of morpholine rings is 1. The smallest absolute Gasteiger partial charge is 0.240 e.